The Bertz CT molecular complexity index is 1600. The van der Waals surface area contributed by atoms with Crippen molar-refractivity contribution in [1.29, 1.82) is 0 Å². The highest BCUT2D eigenvalue weighted by Crippen LogP contribution is 2.34. The first-order valence-electron chi connectivity index (χ1n) is 13.2. The molecule has 0 fully saturated rings. The zero-order valence-electron chi connectivity index (χ0n) is 24.0. The van der Waals surface area contributed by atoms with Crippen molar-refractivity contribution in [3.05, 3.63) is 82.6 Å². The van der Waals surface area contributed by atoms with Gasteiger partial charge < -0.3 is 25.4 Å². The van der Waals surface area contributed by atoms with Gasteiger partial charge in [0.2, 0.25) is 11.8 Å². The van der Waals surface area contributed by atoms with Gasteiger partial charge in [-0.1, -0.05) is 18.2 Å². The molecule has 0 aliphatic rings. The van der Waals surface area contributed by atoms with E-state index < -0.39 is 30.0 Å². The maximum absolute atomic E-state index is 15.1. The van der Waals surface area contributed by atoms with Crippen LogP contribution in [0.4, 0.5) is 24.7 Å². The topological polar surface area (TPSA) is 112 Å². The van der Waals surface area contributed by atoms with Crippen molar-refractivity contribution in [3.8, 4) is 5.88 Å². The van der Waals surface area contributed by atoms with Gasteiger partial charge in [-0.25, -0.2) is 19.3 Å². The van der Waals surface area contributed by atoms with Crippen LogP contribution < -0.4 is 15.4 Å². The molecule has 222 valence electrons. The number of aliphatic hydroxyl groups excluding tert-OH is 1. The highest BCUT2D eigenvalue weighted by atomic mass is 19.3. The summed E-state index contributed by atoms with van der Waals surface area (Å²) in [6.45, 7) is 2.27. The zero-order chi connectivity index (χ0) is 30.6. The number of methoxy groups -OCH3 is 1. The predicted octanol–water partition coefficient (Wildman–Crippen LogP) is 4.98. The highest BCUT2D eigenvalue weighted by molar-refractivity contribution is 5.90. The Hall–Kier alpha value is -4.45. The second-order valence-corrected chi connectivity index (χ2v) is 10.1. The van der Waals surface area contributed by atoms with Gasteiger partial charge in [0.15, 0.2) is 0 Å². The molecule has 2 heterocycles. The van der Waals surface area contributed by atoms with E-state index in [1.165, 1.54) is 24.1 Å². The summed E-state index contributed by atoms with van der Waals surface area (Å²) in [5, 5.41) is 16.2. The average molecular weight is 583 g/mol. The van der Waals surface area contributed by atoms with E-state index in [-0.39, 0.29) is 17.9 Å². The minimum absolute atomic E-state index is 0.0124. The summed E-state index contributed by atoms with van der Waals surface area (Å²) >= 11 is 0. The third-order valence-electron chi connectivity index (χ3n) is 6.77. The summed E-state index contributed by atoms with van der Waals surface area (Å²) in [6.07, 6.45) is 1.76. The maximum atomic E-state index is 15.1. The first kappa shape index (κ1) is 30.5. The van der Waals surface area contributed by atoms with Gasteiger partial charge in [0, 0.05) is 37.2 Å². The summed E-state index contributed by atoms with van der Waals surface area (Å²) in [6, 6.07) is 10.4. The van der Waals surface area contributed by atoms with Crippen LogP contribution in [0.2, 0.25) is 0 Å². The third-order valence-corrected chi connectivity index (χ3v) is 6.77. The molecule has 0 saturated heterocycles. The Morgan fingerprint density at radius 3 is 2.62 bits per heavy atom. The van der Waals surface area contributed by atoms with Crippen LogP contribution in [-0.4, -0.2) is 58.7 Å². The molecule has 0 bridgehead atoms. The number of carbonyl (C=O) groups is 1. The first-order chi connectivity index (χ1) is 19.9. The van der Waals surface area contributed by atoms with Crippen molar-refractivity contribution in [3.63, 3.8) is 0 Å². The molecule has 9 nitrogen and oxygen atoms in total. The summed E-state index contributed by atoms with van der Waals surface area (Å²) in [4.78, 5) is 27.1. The minimum atomic E-state index is -3.71. The van der Waals surface area contributed by atoms with E-state index in [1.54, 1.807) is 34.1 Å². The van der Waals surface area contributed by atoms with E-state index in [9.17, 15) is 13.6 Å². The normalized spacial score (nSPS) is 12.2. The molecule has 4 aromatic rings. The predicted molar refractivity (Wildman–Crippen MR) is 154 cm³/mol. The molecule has 42 heavy (non-hydrogen) atoms. The first-order valence-corrected chi connectivity index (χ1v) is 13.2. The van der Waals surface area contributed by atoms with Crippen LogP contribution in [0.3, 0.4) is 0 Å². The molecule has 12 heteroatoms. The van der Waals surface area contributed by atoms with Crippen LogP contribution in [0.25, 0.3) is 10.9 Å². The van der Waals surface area contributed by atoms with Crippen LogP contribution >= 0.6 is 0 Å². The maximum Gasteiger partial charge on any atom is 0.298 e. The molecule has 0 unspecified atom stereocenters. The fourth-order valence-electron chi connectivity index (χ4n) is 4.48. The molecule has 2 aromatic carbocycles. The van der Waals surface area contributed by atoms with E-state index in [0.29, 0.717) is 46.2 Å². The summed E-state index contributed by atoms with van der Waals surface area (Å²) in [7, 11) is 4.87. The van der Waals surface area contributed by atoms with Crippen molar-refractivity contribution in [2.24, 2.45) is 0 Å². The Labute approximate surface area is 241 Å². The molecule has 3 N–H and O–H groups in total. The Kier molecular flexibility index (Phi) is 9.15. The molecular formula is C30H33F3N6O3. The number of hydrogen-bond acceptors (Lipinski definition) is 8. The molecule has 0 radical (unpaired) electrons. The molecule has 0 aliphatic carbocycles. The second kappa shape index (κ2) is 12.6. The number of rotatable bonds is 11. The number of aromatic nitrogens is 3. The number of benzene rings is 2. The molecule has 1 amide bonds. The van der Waals surface area contributed by atoms with Gasteiger partial charge in [0.1, 0.15) is 24.1 Å². The number of anilines is 2. The van der Waals surface area contributed by atoms with Gasteiger partial charge in [0.25, 0.3) is 5.92 Å². The molecule has 0 aliphatic heterocycles. The Balaban J connectivity index is 1.59. The van der Waals surface area contributed by atoms with E-state index in [0.717, 1.165) is 11.6 Å². The van der Waals surface area contributed by atoms with E-state index in [2.05, 4.69) is 25.6 Å². The van der Waals surface area contributed by atoms with E-state index in [1.807, 2.05) is 24.3 Å². The van der Waals surface area contributed by atoms with Crippen molar-refractivity contribution >= 4 is 28.3 Å². The number of alkyl halides is 2. The fraction of sp³-hybridized carbons (Fsp3) is 0.333. The lowest BCUT2D eigenvalue weighted by Crippen LogP contribution is -2.23. The number of pyridine rings is 1. The van der Waals surface area contributed by atoms with Gasteiger partial charge >= 0.3 is 0 Å². The van der Waals surface area contributed by atoms with Crippen LogP contribution in [0.15, 0.2) is 48.7 Å². The highest BCUT2D eigenvalue weighted by Gasteiger charge is 2.35. The third kappa shape index (κ3) is 6.71. The quantitative estimate of drug-likeness (QED) is 0.227. The standard InChI is InChI=1S/C30H33F3N6O3/c1-17(22-7-6-8-24(27(22)31)30(32,33)16-40)36-28-23-11-19(9-10-25(23)37-18(2)38-28)14-34-21-12-20(13-26(41)39(3)4)29(42-5)35-15-21/h6-12,15,17,34,40H,13-14,16H2,1-5H3,(H,36,37,38)/t17-/m1/s1. The lowest BCUT2D eigenvalue weighted by Gasteiger charge is -2.21. The number of ether oxygens (including phenoxy) is 1. The number of carbonyl (C=O) groups excluding carboxylic acids is 1. The number of likely N-dealkylation sites (N-methyl/N-ethyl adjacent to an activating group) is 1. The molecular weight excluding hydrogens is 549 g/mol. The monoisotopic (exact) mass is 582 g/mol. The molecule has 2 aromatic heterocycles. The molecule has 0 saturated carbocycles. The summed E-state index contributed by atoms with van der Waals surface area (Å²) in [5.74, 6) is -3.60. The molecule has 4 rings (SSSR count). The second-order valence-electron chi connectivity index (χ2n) is 10.1. The van der Waals surface area contributed by atoms with Crippen molar-refractivity contribution < 1.29 is 27.8 Å². The zero-order valence-corrected chi connectivity index (χ0v) is 24.0. The SMILES string of the molecule is COc1ncc(NCc2ccc3nc(C)nc(N[C@H](C)c4cccc(C(F)(F)CO)c4F)c3c2)cc1CC(=O)N(C)C. The molecule has 1 atom stereocenters. The Morgan fingerprint density at radius 2 is 1.93 bits per heavy atom. The number of halogens is 3. The number of aliphatic hydroxyl groups is 1. The number of nitrogens with one attached hydrogen (secondary N) is 2. The van der Waals surface area contributed by atoms with Crippen LogP contribution in [0.5, 0.6) is 5.88 Å². The van der Waals surface area contributed by atoms with Crippen LogP contribution in [0.1, 0.15) is 41.0 Å². The fourth-order valence-corrected chi connectivity index (χ4v) is 4.48. The minimum Gasteiger partial charge on any atom is -0.481 e. The average Bonchev–Trinajstić information content (AvgIpc) is 2.96. The number of amides is 1. The van der Waals surface area contributed by atoms with Crippen molar-refractivity contribution in [2.75, 3.05) is 38.4 Å². The van der Waals surface area contributed by atoms with Gasteiger partial charge in [-0.2, -0.15) is 8.78 Å². The van der Waals surface area contributed by atoms with E-state index in [4.69, 9.17) is 9.84 Å². The summed E-state index contributed by atoms with van der Waals surface area (Å²) < 4.78 is 48.6. The van der Waals surface area contributed by atoms with Crippen LogP contribution in [0, 0.1) is 12.7 Å². The van der Waals surface area contributed by atoms with E-state index >= 15 is 4.39 Å². The number of hydrogen-bond donors (Lipinski definition) is 3. The lowest BCUT2D eigenvalue weighted by atomic mass is 10.00. The smallest absolute Gasteiger partial charge is 0.298 e. The largest absolute Gasteiger partial charge is 0.481 e. The van der Waals surface area contributed by atoms with Gasteiger partial charge in [-0.05, 0) is 43.7 Å². The number of aryl methyl sites for hydroxylation is 1. The number of nitrogens with zero attached hydrogens (tertiary/aromatic N) is 4. The summed E-state index contributed by atoms with van der Waals surface area (Å²) in [5.41, 5.74) is 2.02. The lowest BCUT2D eigenvalue weighted by molar-refractivity contribution is -0.128. The van der Waals surface area contributed by atoms with Crippen molar-refractivity contribution in [1.82, 2.24) is 19.9 Å². The van der Waals surface area contributed by atoms with Gasteiger partial charge in [0.05, 0.1) is 42.5 Å². The Morgan fingerprint density at radius 1 is 1.17 bits per heavy atom. The van der Waals surface area contributed by atoms with Crippen molar-refractivity contribution in [2.45, 2.75) is 38.8 Å². The van der Waals surface area contributed by atoms with Gasteiger partial charge in [-0.15, -0.1) is 0 Å². The van der Waals surface area contributed by atoms with Crippen LogP contribution in [-0.2, 0) is 23.7 Å². The molecule has 0 spiro atoms. The van der Waals surface area contributed by atoms with Gasteiger partial charge in [-0.3, -0.25) is 4.79 Å². The number of fused-ring (bicyclic) bond motifs is 1.